The molecule has 0 saturated heterocycles. The van der Waals surface area contributed by atoms with Gasteiger partial charge in [-0.1, -0.05) is 26.0 Å². The lowest BCUT2D eigenvalue weighted by Gasteiger charge is -2.31. The maximum atomic E-state index is 13.5. The molecule has 0 spiro atoms. The van der Waals surface area contributed by atoms with E-state index in [9.17, 15) is 22.4 Å². The second kappa shape index (κ2) is 12.6. The first-order chi connectivity index (χ1) is 16.9. The molecule has 9 nitrogen and oxygen atoms in total. The van der Waals surface area contributed by atoms with Gasteiger partial charge in [-0.25, -0.2) is 12.8 Å². The Bertz CT molecular complexity index is 1150. The molecule has 0 aliphatic carbocycles. The van der Waals surface area contributed by atoms with Crippen molar-refractivity contribution in [3.05, 3.63) is 53.8 Å². The molecule has 2 aromatic rings. The van der Waals surface area contributed by atoms with Gasteiger partial charge >= 0.3 is 0 Å². The van der Waals surface area contributed by atoms with Crippen LogP contribution in [0, 0.1) is 11.7 Å². The summed E-state index contributed by atoms with van der Waals surface area (Å²) < 4.78 is 50.2. The normalized spacial score (nSPS) is 12.1. The second-order valence-corrected chi connectivity index (χ2v) is 10.7. The Hall–Kier alpha value is -3.34. The number of carbonyl (C=O) groups excluding carboxylic acids is 2. The van der Waals surface area contributed by atoms with E-state index in [1.165, 1.54) is 61.6 Å². The van der Waals surface area contributed by atoms with Crippen LogP contribution in [0.5, 0.6) is 11.5 Å². The van der Waals surface area contributed by atoms with Crippen LogP contribution >= 0.6 is 0 Å². The number of carbonyl (C=O) groups is 2. The molecule has 2 aromatic carbocycles. The number of methoxy groups -OCH3 is 2. The topological polar surface area (TPSA) is 105 Å². The first-order valence-electron chi connectivity index (χ1n) is 11.4. The summed E-state index contributed by atoms with van der Waals surface area (Å²) in [7, 11) is -1.03. The lowest BCUT2D eigenvalue weighted by molar-refractivity contribution is -0.139. The molecule has 1 atom stereocenters. The van der Waals surface area contributed by atoms with Crippen molar-refractivity contribution in [1.82, 2.24) is 10.2 Å². The molecule has 0 aliphatic heterocycles. The first-order valence-corrected chi connectivity index (χ1v) is 13.2. The predicted molar refractivity (Wildman–Crippen MR) is 136 cm³/mol. The van der Waals surface area contributed by atoms with E-state index in [0.29, 0.717) is 23.6 Å². The molecular weight excluding hydrogens is 489 g/mol. The van der Waals surface area contributed by atoms with Crippen molar-refractivity contribution >= 4 is 27.5 Å². The van der Waals surface area contributed by atoms with Crippen LogP contribution in [0.3, 0.4) is 0 Å². The monoisotopic (exact) mass is 523 g/mol. The van der Waals surface area contributed by atoms with Crippen LogP contribution in [0.4, 0.5) is 10.1 Å². The van der Waals surface area contributed by atoms with Gasteiger partial charge in [0.05, 0.1) is 26.2 Å². The summed E-state index contributed by atoms with van der Waals surface area (Å²) in [4.78, 5) is 27.6. The largest absolute Gasteiger partial charge is 0.493 e. The molecule has 36 heavy (non-hydrogen) atoms. The number of rotatable bonds is 12. The number of benzene rings is 2. The minimum atomic E-state index is -3.90. The summed E-state index contributed by atoms with van der Waals surface area (Å²) in [6.45, 7) is 5.30. The highest BCUT2D eigenvalue weighted by Crippen LogP contribution is 2.32. The van der Waals surface area contributed by atoms with Gasteiger partial charge in [-0.05, 0) is 42.7 Å². The van der Waals surface area contributed by atoms with Crippen molar-refractivity contribution in [2.24, 2.45) is 5.92 Å². The molecule has 1 N–H and O–H groups in total. The summed E-state index contributed by atoms with van der Waals surface area (Å²) >= 11 is 0. The van der Waals surface area contributed by atoms with Crippen molar-refractivity contribution in [2.45, 2.75) is 33.4 Å². The van der Waals surface area contributed by atoms with Gasteiger partial charge in [-0.3, -0.25) is 13.9 Å². The van der Waals surface area contributed by atoms with Gasteiger partial charge in [-0.2, -0.15) is 0 Å². The van der Waals surface area contributed by atoms with Crippen molar-refractivity contribution in [3.63, 3.8) is 0 Å². The molecular formula is C25H34FN3O6S. The van der Waals surface area contributed by atoms with Crippen LogP contribution in [0.15, 0.2) is 42.5 Å². The Morgan fingerprint density at radius 3 is 2.14 bits per heavy atom. The molecule has 0 bridgehead atoms. The van der Waals surface area contributed by atoms with Crippen molar-refractivity contribution in [2.75, 3.05) is 37.9 Å². The third kappa shape index (κ3) is 7.84. The Morgan fingerprint density at radius 2 is 1.61 bits per heavy atom. The number of hydrogen-bond acceptors (Lipinski definition) is 6. The standard InChI is InChI=1S/C25H34FN3O6S/c1-17(2)14-27-25(31)18(3)28(15-19-7-9-20(26)10-8-19)24(30)16-29(36(6,32)33)21-11-12-22(34-4)23(13-21)35-5/h7-13,17-18H,14-16H2,1-6H3,(H,27,31). The van der Waals surface area contributed by atoms with E-state index < -0.39 is 34.3 Å². The van der Waals surface area contributed by atoms with Crippen molar-refractivity contribution in [1.29, 1.82) is 0 Å². The Kier molecular flexibility index (Phi) is 10.1. The number of nitrogens with one attached hydrogen (secondary N) is 1. The average Bonchev–Trinajstić information content (AvgIpc) is 2.83. The van der Waals surface area contributed by atoms with Crippen molar-refractivity contribution < 1.29 is 31.9 Å². The fraction of sp³-hybridized carbons (Fsp3) is 0.440. The molecule has 0 heterocycles. The Labute approximate surface area is 212 Å². The molecule has 0 aliphatic rings. The summed E-state index contributed by atoms with van der Waals surface area (Å²) in [6.07, 6.45) is 0.986. The molecule has 0 fully saturated rings. The van der Waals surface area contributed by atoms with Gasteiger partial charge in [0.1, 0.15) is 18.4 Å². The van der Waals surface area contributed by atoms with Gasteiger partial charge in [-0.15, -0.1) is 0 Å². The smallest absolute Gasteiger partial charge is 0.244 e. The number of nitrogens with zero attached hydrogens (tertiary/aromatic N) is 2. The maximum absolute atomic E-state index is 13.5. The molecule has 0 radical (unpaired) electrons. The summed E-state index contributed by atoms with van der Waals surface area (Å²) in [6, 6.07) is 9.12. The highest BCUT2D eigenvalue weighted by molar-refractivity contribution is 7.92. The van der Waals surface area contributed by atoms with Gasteiger partial charge < -0.3 is 19.7 Å². The zero-order chi connectivity index (χ0) is 27.0. The first kappa shape index (κ1) is 28.9. The van der Waals surface area contributed by atoms with E-state index in [1.807, 2.05) is 13.8 Å². The third-order valence-corrected chi connectivity index (χ3v) is 6.59. The van der Waals surface area contributed by atoms with Crippen LogP contribution in [-0.4, -0.2) is 64.7 Å². The number of sulfonamides is 1. The van der Waals surface area contributed by atoms with Crippen LogP contribution in [0.1, 0.15) is 26.3 Å². The molecule has 198 valence electrons. The molecule has 0 aromatic heterocycles. The SMILES string of the molecule is COc1ccc(N(CC(=O)N(Cc2ccc(F)cc2)C(C)C(=O)NCC(C)C)S(C)(=O)=O)cc1OC. The van der Waals surface area contributed by atoms with E-state index in [-0.39, 0.29) is 24.1 Å². The summed E-state index contributed by atoms with van der Waals surface area (Å²) in [5.41, 5.74) is 0.785. The van der Waals surface area contributed by atoms with Crippen molar-refractivity contribution in [3.8, 4) is 11.5 Å². The van der Waals surface area contributed by atoms with E-state index in [4.69, 9.17) is 9.47 Å². The molecule has 1 unspecified atom stereocenters. The van der Waals surface area contributed by atoms with Crippen LogP contribution in [-0.2, 0) is 26.2 Å². The quantitative estimate of drug-likeness (QED) is 0.459. The fourth-order valence-electron chi connectivity index (χ4n) is 3.42. The number of amides is 2. The average molecular weight is 524 g/mol. The van der Waals surface area contributed by atoms with Crippen LogP contribution in [0.2, 0.25) is 0 Å². The van der Waals surface area contributed by atoms with Crippen LogP contribution < -0.4 is 19.1 Å². The summed E-state index contributed by atoms with van der Waals surface area (Å²) in [5, 5.41) is 2.80. The minimum absolute atomic E-state index is 0.0150. The minimum Gasteiger partial charge on any atom is -0.493 e. The van der Waals surface area contributed by atoms with Gasteiger partial charge in [0.15, 0.2) is 11.5 Å². The van der Waals surface area contributed by atoms with Gasteiger partial charge in [0, 0.05) is 19.2 Å². The molecule has 2 rings (SSSR count). The lowest BCUT2D eigenvalue weighted by Crippen LogP contribution is -2.51. The molecule has 2 amide bonds. The molecule has 11 heteroatoms. The highest BCUT2D eigenvalue weighted by atomic mass is 32.2. The lowest BCUT2D eigenvalue weighted by atomic mass is 10.1. The van der Waals surface area contributed by atoms with E-state index in [2.05, 4.69) is 5.32 Å². The van der Waals surface area contributed by atoms with E-state index >= 15 is 0 Å². The zero-order valence-electron chi connectivity index (χ0n) is 21.4. The molecule has 0 saturated carbocycles. The van der Waals surface area contributed by atoms with Gasteiger partial charge in [0.25, 0.3) is 0 Å². The fourth-order valence-corrected chi connectivity index (χ4v) is 4.26. The summed E-state index contributed by atoms with van der Waals surface area (Å²) in [5.74, 6) is -0.526. The number of ether oxygens (including phenoxy) is 2. The Morgan fingerprint density at radius 1 is 1.00 bits per heavy atom. The highest BCUT2D eigenvalue weighted by Gasteiger charge is 2.30. The zero-order valence-corrected chi connectivity index (χ0v) is 22.3. The number of hydrogen-bond donors (Lipinski definition) is 1. The Balaban J connectivity index is 2.41. The second-order valence-electron chi connectivity index (χ2n) is 8.77. The van der Waals surface area contributed by atoms with Gasteiger partial charge in [0.2, 0.25) is 21.8 Å². The van der Waals surface area contributed by atoms with E-state index in [1.54, 1.807) is 6.92 Å². The predicted octanol–water partition coefficient (Wildman–Crippen LogP) is 2.80. The maximum Gasteiger partial charge on any atom is 0.244 e. The number of anilines is 1. The van der Waals surface area contributed by atoms with E-state index in [0.717, 1.165) is 10.6 Å². The number of halogens is 1. The van der Waals surface area contributed by atoms with Crippen LogP contribution in [0.25, 0.3) is 0 Å². The third-order valence-electron chi connectivity index (χ3n) is 5.45.